The van der Waals surface area contributed by atoms with E-state index in [1.807, 2.05) is 0 Å². The lowest BCUT2D eigenvalue weighted by Gasteiger charge is -2.41. The van der Waals surface area contributed by atoms with E-state index in [0.717, 1.165) is 18.5 Å². The van der Waals surface area contributed by atoms with Crippen molar-refractivity contribution in [2.24, 2.45) is 11.3 Å². The number of nitrogens with zero attached hydrogens (tertiary/aromatic N) is 1. The molecule has 0 aromatic rings. The molecule has 0 heterocycles. The highest BCUT2D eigenvalue weighted by Gasteiger charge is 2.30. The van der Waals surface area contributed by atoms with Gasteiger partial charge in [0.05, 0.1) is 0 Å². The van der Waals surface area contributed by atoms with Crippen molar-refractivity contribution in [1.29, 1.82) is 0 Å². The van der Waals surface area contributed by atoms with E-state index in [0.29, 0.717) is 5.41 Å². The summed E-state index contributed by atoms with van der Waals surface area (Å²) in [5.74, 6) is 0.879. The SMILES string of the molecule is CCCC(C)(CNC)CN(C)C1CCCCC1C. The zero-order valence-corrected chi connectivity index (χ0v) is 13.3. The summed E-state index contributed by atoms with van der Waals surface area (Å²) >= 11 is 0. The fraction of sp³-hybridized carbons (Fsp3) is 1.00. The molecule has 1 aliphatic carbocycles. The Morgan fingerprint density at radius 1 is 1.28 bits per heavy atom. The second-order valence-corrected chi connectivity index (χ2v) is 6.84. The van der Waals surface area contributed by atoms with Crippen molar-refractivity contribution < 1.29 is 0 Å². The van der Waals surface area contributed by atoms with E-state index < -0.39 is 0 Å². The molecule has 0 spiro atoms. The van der Waals surface area contributed by atoms with E-state index in [1.54, 1.807) is 0 Å². The van der Waals surface area contributed by atoms with Crippen LogP contribution in [0, 0.1) is 11.3 Å². The Labute approximate surface area is 115 Å². The molecule has 18 heavy (non-hydrogen) atoms. The van der Waals surface area contributed by atoms with Gasteiger partial charge in [-0.05, 0) is 44.7 Å². The van der Waals surface area contributed by atoms with Gasteiger partial charge in [0.15, 0.2) is 0 Å². The average Bonchev–Trinajstić information content (AvgIpc) is 2.29. The number of hydrogen-bond acceptors (Lipinski definition) is 2. The molecule has 0 aromatic heterocycles. The smallest absolute Gasteiger partial charge is 0.0118 e. The summed E-state index contributed by atoms with van der Waals surface area (Å²) in [4.78, 5) is 2.65. The van der Waals surface area contributed by atoms with Crippen LogP contribution in [0.25, 0.3) is 0 Å². The van der Waals surface area contributed by atoms with Gasteiger partial charge in [0.2, 0.25) is 0 Å². The number of rotatable bonds is 7. The summed E-state index contributed by atoms with van der Waals surface area (Å²) < 4.78 is 0. The Kier molecular flexibility index (Phi) is 6.65. The molecule has 1 rings (SSSR count). The highest BCUT2D eigenvalue weighted by molar-refractivity contribution is 4.85. The maximum atomic E-state index is 3.39. The van der Waals surface area contributed by atoms with E-state index in [4.69, 9.17) is 0 Å². The maximum Gasteiger partial charge on any atom is 0.0118 e. The quantitative estimate of drug-likeness (QED) is 0.748. The van der Waals surface area contributed by atoms with Gasteiger partial charge in [-0.3, -0.25) is 0 Å². The third kappa shape index (κ3) is 4.55. The van der Waals surface area contributed by atoms with E-state index in [1.165, 1.54) is 45.1 Å². The fourth-order valence-electron chi connectivity index (χ4n) is 3.92. The predicted molar refractivity (Wildman–Crippen MR) is 81.0 cm³/mol. The monoisotopic (exact) mass is 254 g/mol. The van der Waals surface area contributed by atoms with Crippen molar-refractivity contribution in [1.82, 2.24) is 10.2 Å². The van der Waals surface area contributed by atoms with Crippen LogP contribution < -0.4 is 5.32 Å². The molecule has 0 saturated heterocycles. The Morgan fingerprint density at radius 2 is 1.94 bits per heavy atom. The lowest BCUT2D eigenvalue weighted by Crippen LogP contribution is -2.47. The molecule has 0 aromatic carbocycles. The second-order valence-electron chi connectivity index (χ2n) is 6.84. The molecule has 0 bridgehead atoms. The minimum absolute atomic E-state index is 0.426. The first kappa shape index (κ1) is 16.0. The molecular weight excluding hydrogens is 220 g/mol. The van der Waals surface area contributed by atoms with Gasteiger partial charge in [0, 0.05) is 19.1 Å². The second kappa shape index (κ2) is 7.49. The van der Waals surface area contributed by atoms with Crippen LogP contribution in [0.3, 0.4) is 0 Å². The highest BCUT2D eigenvalue weighted by Crippen LogP contribution is 2.31. The summed E-state index contributed by atoms with van der Waals surface area (Å²) in [6.07, 6.45) is 8.29. The molecular formula is C16H34N2. The average molecular weight is 254 g/mol. The zero-order chi connectivity index (χ0) is 13.6. The largest absolute Gasteiger partial charge is 0.319 e. The molecule has 1 N–H and O–H groups in total. The first-order valence-corrected chi connectivity index (χ1v) is 7.87. The minimum atomic E-state index is 0.426. The van der Waals surface area contributed by atoms with Crippen LogP contribution in [0.5, 0.6) is 0 Å². The van der Waals surface area contributed by atoms with Gasteiger partial charge in [0.25, 0.3) is 0 Å². The molecule has 3 atom stereocenters. The van der Waals surface area contributed by atoms with Crippen molar-refractivity contribution in [2.45, 2.75) is 65.3 Å². The third-order valence-corrected chi connectivity index (χ3v) is 4.72. The fourth-order valence-corrected chi connectivity index (χ4v) is 3.92. The van der Waals surface area contributed by atoms with Crippen molar-refractivity contribution in [3.8, 4) is 0 Å². The van der Waals surface area contributed by atoms with Crippen LogP contribution in [0.2, 0.25) is 0 Å². The van der Waals surface area contributed by atoms with Gasteiger partial charge in [-0.1, -0.05) is 40.0 Å². The van der Waals surface area contributed by atoms with Crippen LogP contribution in [0.4, 0.5) is 0 Å². The highest BCUT2D eigenvalue weighted by atomic mass is 15.1. The molecule has 0 aliphatic heterocycles. The van der Waals surface area contributed by atoms with Crippen LogP contribution in [-0.2, 0) is 0 Å². The molecule has 108 valence electrons. The van der Waals surface area contributed by atoms with Gasteiger partial charge >= 0.3 is 0 Å². The molecule has 2 nitrogen and oxygen atoms in total. The lowest BCUT2D eigenvalue weighted by molar-refractivity contribution is 0.0859. The molecule has 2 heteroatoms. The summed E-state index contributed by atoms with van der Waals surface area (Å²) in [5, 5.41) is 3.39. The number of nitrogens with one attached hydrogen (secondary N) is 1. The van der Waals surface area contributed by atoms with Crippen LogP contribution >= 0.6 is 0 Å². The summed E-state index contributed by atoms with van der Waals surface area (Å²) in [6.45, 7) is 9.55. The zero-order valence-electron chi connectivity index (χ0n) is 13.3. The Bertz CT molecular complexity index is 221. The van der Waals surface area contributed by atoms with E-state index in [-0.39, 0.29) is 0 Å². The Balaban J connectivity index is 2.56. The van der Waals surface area contributed by atoms with Gasteiger partial charge in [-0.2, -0.15) is 0 Å². The van der Waals surface area contributed by atoms with E-state index in [2.05, 4.69) is 45.1 Å². The normalized spacial score (nSPS) is 28.3. The topological polar surface area (TPSA) is 15.3 Å². The van der Waals surface area contributed by atoms with E-state index >= 15 is 0 Å². The van der Waals surface area contributed by atoms with Gasteiger partial charge in [-0.15, -0.1) is 0 Å². The summed E-state index contributed by atoms with van der Waals surface area (Å²) in [5.41, 5.74) is 0.426. The molecule has 1 aliphatic rings. The van der Waals surface area contributed by atoms with Crippen molar-refractivity contribution in [3.63, 3.8) is 0 Å². The van der Waals surface area contributed by atoms with Crippen molar-refractivity contribution >= 4 is 0 Å². The van der Waals surface area contributed by atoms with Crippen molar-refractivity contribution in [3.05, 3.63) is 0 Å². The first-order valence-electron chi connectivity index (χ1n) is 7.87. The number of hydrogen-bond donors (Lipinski definition) is 1. The van der Waals surface area contributed by atoms with Crippen molar-refractivity contribution in [2.75, 3.05) is 27.2 Å². The summed E-state index contributed by atoms with van der Waals surface area (Å²) in [6, 6.07) is 0.812. The standard InChI is InChI=1S/C16H34N2/c1-6-11-16(3,12-17-4)13-18(5)15-10-8-7-9-14(15)2/h14-15,17H,6-13H2,1-5H3. The van der Waals surface area contributed by atoms with E-state index in [9.17, 15) is 0 Å². The van der Waals surface area contributed by atoms with Gasteiger partial charge < -0.3 is 10.2 Å². The van der Waals surface area contributed by atoms with Gasteiger partial charge in [0.1, 0.15) is 0 Å². The predicted octanol–water partition coefficient (Wildman–Crippen LogP) is 3.52. The molecule has 0 radical (unpaired) electrons. The molecule has 1 saturated carbocycles. The Morgan fingerprint density at radius 3 is 2.50 bits per heavy atom. The Hall–Kier alpha value is -0.0800. The molecule has 0 amide bonds. The van der Waals surface area contributed by atoms with Gasteiger partial charge in [-0.25, -0.2) is 0 Å². The summed E-state index contributed by atoms with van der Waals surface area (Å²) in [7, 11) is 4.42. The first-order chi connectivity index (χ1) is 8.52. The minimum Gasteiger partial charge on any atom is -0.319 e. The third-order valence-electron chi connectivity index (χ3n) is 4.72. The van der Waals surface area contributed by atoms with Crippen LogP contribution in [0.1, 0.15) is 59.3 Å². The molecule has 1 fully saturated rings. The van der Waals surface area contributed by atoms with Crippen LogP contribution in [-0.4, -0.2) is 38.1 Å². The molecule has 3 unspecified atom stereocenters. The maximum absolute atomic E-state index is 3.39. The van der Waals surface area contributed by atoms with Crippen LogP contribution in [0.15, 0.2) is 0 Å². The lowest BCUT2D eigenvalue weighted by atomic mass is 9.81.